The van der Waals surface area contributed by atoms with Crippen LogP contribution in [0.2, 0.25) is 0 Å². The highest BCUT2D eigenvalue weighted by atomic mass is 16.6. The van der Waals surface area contributed by atoms with Crippen molar-refractivity contribution >= 4 is 29.7 Å². The van der Waals surface area contributed by atoms with E-state index in [0.717, 1.165) is 5.56 Å². The third kappa shape index (κ3) is 5.16. The van der Waals surface area contributed by atoms with E-state index in [-0.39, 0.29) is 24.2 Å². The number of hydrogen-bond donors (Lipinski definition) is 2. The van der Waals surface area contributed by atoms with Crippen LogP contribution < -0.4 is 10.2 Å². The van der Waals surface area contributed by atoms with Crippen molar-refractivity contribution in [2.75, 3.05) is 11.4 Å². The smallest absolute Gasteiger partial charge is 0.404 e. The first-order valence-corrected chi connectivity index (χ1v) is 8.80. The summed E-state index contributed by atoms with van der Waals surface area (Å²) >= 11 is 0. The van der Waals surface area contributed by atoms with Crippen molar-refractivity contribution in [3.05, 3.63) is 69.3 Å². The van der Waals surface area contributed by atoms with Gasteiger partial charge in [-0.25, -0.2) is 4.79 Å². The van der Waals surface area contributed by atoms with E-state index in [1.807, 2.05) is 0 Å². The van der Waals surface area contributed by atoms with E-state index in [2.05, 4.69) is 5.32 Å². The number of aryl methyl sites for hydroxylation is 2. The van der Waals surface area contributed by atoms with Crippen LogP contribution in [-0.4, -0.2) is 40.9 Å². The molecule has 0 aliphatic rings. The molecule has 0 aliphatic carbocycles. The zero-order valence-electron chi connectivity index (χ0n) is 16.0. The second-order valence-corrected chi connectivity index (χ2v) is 6.48. The van der Waals surface area contributed by atoms with Crippen molar-refractivity contribution in [2.45, 2.75) is 26.3 Å². The van der Waals surface area contributed by atoms with E-state index in [1.165, 1.54) is 17.0 Å². The lowest BCUT2D eigenvalue weighted by molar-refractivity contribution is -0.385. The molecule has 0 saturated heterocycles. The summed E-state index contributed by atoms with van der Waals surface area (Å²) in [6, 6.07) is 10.4. The molecule has 0 spiro atoms. The minimum Gasteiger partial charge on any atom is -0.465 e. The molecule has 29 heavy (non-hydrogen) atoms. The van der Waals surface area contributed by atoms with Crippen molar-refractivity contribution in [3.63, 3.8) is 0 Å². The van der Waals surface area contributed by atoms with Crippen LogP contribution in [0.25, 0.3) is 0 Å². The molecule has 2 N–H and O–H groups in total. The highest BCUT2D eigenvalue weighted by Crippen LogP contribution is 2.28. The van der Waals surface area contributed by atoms with Crippen molar-refractivity contribution in [3.8, 4) is 0 Å². The number of carboxylic acid groups (broad SMARTS) is 1. The van der Waals surface area contributed by atoms with Crippen LogP contribution in [0.3, 0.4) is 0 Å². The second kappa shape index (κ2) is 9.45. The summed E-state index contributed by atoms with van der Waals surface area (Å²) in [5.41, 5.74) is 1.18. The Balaban J connectivity index is 2.58. The summed E-state index contributed by atoms with van der Waals surface area (Å²) in [6.07, 6.45) is -0.939. The number of carbonyl (C=O) groups excluding carboxylic acids is 2. The van der Waals surface area contributed by atoms with Gasteiger partial charge in [0.2, 0.25) is 0 Å². The maximum atomic E-state index is 13.4. The topological polar surface area (TPSA) is 130 Å². The number of nitrogens with zero attached hydrogens (tertiary/aromatic N) is 2. The van der Waals surface area contributed by atoms with E-state index >= 15 is 0 Å². The molecule has 0 aromatic heterocycles. The number of nitro benzene ring substituents is 1. The standard InChI is InChI=1S/C20H21N3O6/c1-13-6-3-4-8-16(13)22(12-15(10-11-24)21-20(26)27)19(25)18-14(2)7-5-9-17(18)23(28)29/h3-9,11,15,21H,10,12H2,1-2H3,(H,26,27). The van der Waals surface area contributed by atoms with Crippen LogP contribution in [0.4, 0.5) is 16.2 Å². The molecule has 0 saturated carbocycles. The minimum atomic E-state index is -1.34. The van der Waals surface area contributed by atoms with Crippen molar-refractivity contribution < 1.29 is 24.4 Å². The SMILES string of the molecule is Cc1ccccc1N(CC(CC=O)NC(=O)O)C(=O)c1c(C)cccc1[N+](=O)[O-]. The van der Waals surface area contributed by atoms with Gasteiger partial charge >= 0.3 is 6.09 Å². The Morgan fingerprint density at radius 3 is 2.41 bits per heavy atom. The third-order valence-electron chi connectivity index (χ3n) is 4.42. The highest BCUT2D eigenvalue weighted by Gasteiger charge is 2.30. The second-order valence-electron chi connectivity index (χ2n) is 6.48. The van der Waals surface area contributed by atoms with Gasteiger partial charge in [-0.3, -0.25) is 14.9 Å². The van der Waals surface area contributed by atoms with Crippen LogP contribution >= 0.6 is 0 Å². The normalized spacial score (nSPS) is 11.4. The molecule has 9 nitrogen and oxygen atoms in total. The number of benzene rings is 2. The highest BCUT2D eigenvalue weighted by molar-refractivity contribution is 6.10. The number of nitro groups is 1. The molecule has 0 bridgehead atoms. The number of rotatable bonds is 8. The molecule has 2 amide bonds. The molecule has 1 unspecified atom stereocenters. The van der Waals surface area contributed by atoms with Gasteiger partial charge in [-0.2, -0.15) is 0 Å². The number of carbonyl (C=O) groups is 3. The van der Waals surface area contributed by atoms with Crippen molar-refractivity contribution in [1.82, 2.24) is 5.32 Å². The predicted octanol–water partition coefficient (Wildman–Crippen LogP) is 3.08. The maximum absolute atomic E-state index is 13.4. The van der Waals surface area contributed by atoms with Gasteiger partial charge in [-0.05, 0) is 31.0 Å². The van der Waals surface area contributed by atoms with E-state index in [9.17, 15) is 24.5 Å². The zero-order chi connectivity index (χ0) is 21.6. The van der Waals surface area contributed by atoms with Gasteiger partial charge in [0, 0.05) is 24.7 Å². The zero-order valence-corrected chi connectivity index (χ0v) is 16.0. The lowest BCUT2D eigenvalue weighted by Crippen LogP contribution is -2.46. The molecular formula is C20H21N3O6. The lowest BCUT2D eigenvalue weighted by atomic mass is 10.0. The van der Waals surface area contributed by atoms with Gasteiger partial charge in [0.05, 0.1) is 11.0 Å². The largest absolute Gasteiger partial charge is 0.465 e. The quantitative estimate of drug-likeness (QED) is 0.398. The summed E-state index contributed by atoms with van der Waals surface area (Å²) in [7, 11) is 0. The Bertz CT molecular complexity index is 944. The minimum absolute atomic E-state index is 0.0825. The number of anilines is 1. The van der Waals surface area contributed by atoms with Crippen LogP contribution in [-0.2, 0) is 4.79 Å². The molecule has 0 aliphatic heterocycles. The molecule has 0 radical (unpaired) electrons. The molecule has 152 valence electrons. The Kier molecular flexibility index (Phi) is 7.02. The number of hydrogen-bond acceptors (Lipinski definition) is 5. The monoisotopic (exact) mass is 399 g/mol. The van der Waals surface area contributed by atoms with Gasteiger partial charge in [-0.1, -0.05) is 30.3 Å². The first-order chi connectivity index (χ1) is 13.8. The Morgan fingerprint density at radius 2 is 1.83 bits per heavy atom. The molecule has 0 fully saturated rings. The van der Waals surface area contributed by atoms with Gasteiger partial charge < -0.3 is 20.1 Å². The summed E-state index contributed by atoms with van der Waals surface area (Å²) in [6.45, 7) is 3.19. The molecule has 1 atom stereocenters. The van der Waals surface area contributed by atoms with Crippen LogP contribution in [0.5, 0.6) is 0 Å². The fraction of sp³-hybridized carbons (Fsp3) is 0.250. The number of amides is 2. The molecular weight excluding hydrogens is 378 g/mol. The van der Waals surface area contributed by atoms with E-state index in [0.29, 0.717) is 17.5 Å². The Hall–Kier alpha value is -3.75. The van der Waals surface area contributed by atoms with Crippen LogP contribution in [0.1, 0.15) is 27.9 Å². The van der Waals surface area contributed by atoms with E-state index < -0.39 is 23.0 Å². The maximum Gasteiger partial charge on any atom is 0.404 e. The van der Waals surface area contributed by atoms with Gasteiger partial charge in [0.25, 0.3) is 11.6 Å². The van der Waals surface area contributed by atoms with E-state index in [1.54, 1.807) is 44.2 Å². The van der Waals surface area contributed by atoms with Crippen molar-refractivity contribution in [1.29, 1.82) is 0 Å². The van der Waals surface area contributed by atoms with Gasteiger partial charge in [0.15, 0.2) is 0 Å². The molecule has 2 aromatic rings. The van der Waals surface area contributed by atoms with E-state index in [4.69, 9.17) is 5.11 Å². The predicted molar refractivity (Wildman–Crippen MR) is 106 cm³/mol. The van der Waals surface area contributed by atoms with Crippen LogP contribution in [0, 0.1) is 24.0 Å². The number of aldehydes is 1. The Morgan fingerprint density at radius 1 is 1.17 bits per heavy atom. The van der Waals surface area contributed by atoms with Gasteiger partial charge in [-0.15, -0.1) is 0 Å². The molecule has 2 aromatic carbocycles. The average molecular weight is 399 g/mol. The summed E-state index contributed by atoms with van der Waals surface area (Å²) in [4.78, 5) is 47.6. The first kappa shape index (κ1) is 21.5. The summed E-state index contributed by atoms with van der Waals surface area (Å²) < 4.78 is 0. The summed E-state index contributed by atoms with van der Waals surface area (Å²) in [5.74, 6) is -0.646. The number of nitrogens with one attached hydrogen (secondary N) is 1. The number of para-hydroxylation sites is 1. The molecule has 0 heterocycles. The van der Waals surface area contributed by atoms with Gasteiger partial charge in [0.1, 0.15) is 11.8 Å². The fourth-order valence-corrected chi connectivity index (χ4v) is 3.06. The fourth-order valence-electron chi connectivity index (χ4n) is 3.06. The molecule has 9 heteroatoms. The van der Waals surface area contributed by atoms with Crippen LogP contribution in [0.15, 0.2) is 42.5 Å². The molecule has 2 rings (SSSR count). The lowest BCUT2D eigenvalue weighted by Gasteiger charge is -2.28. The van der Waals surface area contributed by atoms with Crippen molar-refractivity contribution in [2.24, 2.45) is 0 Å². The Labute approximate surface area is 167 Å². The average Bonchev–Trinajstić information content (AvgIpc) is 2.65. The first-order valence-electron chi connectivity index (χ1n) is 8.80. The third-order valence-corrected chi connectivity index (χ3v) is 4.42. The summed E-state index contributed by atoms with van der Waals surface area (Å²) in [5, 5.41) is 22.7.